The van der Waals surface area contributed by atoms with Gasteiger partial charge < -0.3 is 15.0 Å². The lowest BCUT2D eigenvalue weighted by Crippen LogP contribution is -2.38. The van der Waals surface area contributed by atoms with Crippen LogP contribution >= 0.6 is 0 Å². The molecule has 2 unspecified atom stereocenters. The predicted octanol–water partition coefficient (Wildman–Crippen LogP) is 2.37. The van der Waals surface area contributed by atoms with Gasteiger partial charge in [-0.2, -0.15) is 0 Å². The standard InChI is InChI=1S/C15H32N2O/c1-13(2)9-16-10-14(3)11-17(4)12-15-7-5-6-8-18-15/h13-16H,5-12H2,1-4H3. The third-order valence-corrected chi connectivity index (χ3v) is 3.46. The molecule has 0 aliphatic carbocycles. The van der Waals surface area contributed by atoms with Gasteiger partial charge in [0.25, 0.3) is 0 Å². The maximum absolute atomic E-state index is 5.79. The minimum atomic E-state index is 0.472. The van der Waals surface area contributed by atoms with Crippen molar-refractivity contribution in [3.05, 3.63) is 0 Å². The smallest absolute Gasteiger partial charge is 0.0701 e. The molecule has 3 heteroatoms. The maximum Gasteiger partial charge on any atom is 0.0701 e. The molecule has 0 aromatic heterocycles. The summed E-state index contributed by atoms with van der Waals surface area (Å²) in [6.45, 7) is 12.3. The van der Waals surface area contributed by atoms with E-state index in [0.29, 0.717) is 12.0 Å². The normalized spacial score (nSPS) is 22.7. The van der Waals surface area contributed by atoms with Crippen molar-refractivity contribution in [3.8, 4) is 0 Å². The molecule has 108 valence electrons. The summed E-state index contributed by atoms with van der Waals surface area (Å²) in [7, 11) is 2.22. The first-order valence-corrected chi connectivity index (χ1v) is 7.58. The summed E-state index contributed by atoms with van der Waals surface area (Å²) in [5, 5.41) is 3.54. The minimum Gasteiger partial charge on any atom is -0.377 e. The molecule has 1 saturated heterocycles. The lowest BCUT2D eigenvalue weighted by Gasteiger charge is -2.29. The zero-order valence-corrected chi connectivity index (χ0v) is 12.7. The molecule has 1 heterocycles. The molecule has 0 amide bonds. The van der Waals surface area contributed by atoms with E-state index in [9.17, 15) is 0 Å². The second kappa shape index (κ2) is 8.89. The Morgan fingerprint density at radius 2 is 2.00 bits per heavy atom. The van der Waals surface area contributed by atoms with Crippen LogP contribution in [0, 0.1) is 11.8 Å². The van der Waals surface area contributed by atoms with E-state index in [1.54, 1.807) is 0 Å². The Morgan fingerprint density at radius 1 is 1.22 bits per heavy atom. The minimum absolute atomic E-state index is 0.472. The van der Waals surface area contributed by atoms with Gasteiger partial charge in [0, 0.05) is 19.7 Å². The van der Waals surface area contributed by atoms with Crippen molar-refractivity contribution in [1.82, 2.24) is 10.2 Å². The number of hydrogen-bond donors (Lipinski definition) is 1. The molecule has 1 fully saturated rings. The quantitative estimate of drug-likeness (QED) is 0.721. The second-order valence-corrected chi connectivity index (χ2v) is 6.37. The first kappa shape index (κ1) is 15.9. The monoisotopic (exact) mass is 256 g/mol. The molecule has 3 nitrogen and oxygen atoms in total. The van der Waals surface area contributed by atoms with Gasteiger partial charge in [-0.15, -0.1) is 0 Å². The first-order chi connectivity index (χ1) is 8.58. The second-order valence-electron chi connectivity index (χ2n) is 6.37. The number of nitrogens with zero attached hydrogens (tertiary/aromatic N) is 1. The van der Waals surface area contributed by atoms with E-state index in [-0.39, 0.29) is 0 Å². The molecule has 0 saturated carbocycles. The molecule has 2 atom stereocenters. The van der Waals surface area contributed by atoms with Gasteiger partial charge >= 0.3 is 0 Å². The molecule has 1 rings (SSSR count). The van der Waals surface area contributed by atoms with Gasteiger partial charge in [0.2, 0.25) is 0 Å². The van der Waals surface area contributed by atoms with Crippen LogP contribution < -0.4 is 5.32 Å². The summed E-state index contributed by atoms with van der Waals surface area (Å²) >= 11 is 0. The van der Waals surface area contributed by atoms with Crippen molar-refractivity contribution in [2.75, 3.05) is 39.8 Å². The molecular formula is C15H32N2O. The molecule has 1 aliphatic rings. The molecule has 18 heavy (non-hydrogen) atoms. The van der Waals surface area contributed by atoms with Gasteiger partial charge in [-0.3, -0.25) is 0 Å². The van der Waals surface area contributed by atoms with Crippen molar-refractivity contribution in [3.63, 3.8) is 0 Å². The van der Waals surface area contributed by atoms with Gasteiger partial charge in [-0.25, -0.2) is 0 Å². The SMILES string of the molecule is CC(C)CNCC(C)CN(C)CC1CCCCO1. The number of ether oxygens (including phenoxy) is 1. The predicted molar refractivity (Wildman–Crippen MR) is 78.0 cm³/mol. The summed E-state index contributed by atoms with van der Waals surface area (Å²) in [4.78, 5) is 2.43. The van der Waals surface area contributed by atoms with Crippen LogP contribution in [0.4, 0.5) is 0 Å². The summed E-state index contributed by atoms with van der Waals surface area (Å²) < 4.78 is 5.79. The van der Waals surface area contributed by atoms with E-state index in [4.69, 9.17) is 4.74 Å². The van der Waals surface area contributed by atoms with Crippen LogP contribution in [0.5, 0.6) is 0 Å². The van der Waals surface area contributed by atoms with Gasteiger partial charge in [-0.05, 0) is 51.2 Å². The summed E-state index contributed by atoms with van der Waals surface area (Å²) in [5.41, 5.74) is 0. The van der Waals surface area contributed by atoms with E-state index in [1.807, 2.05) is 0 Å². The average Bonchev–Trinajstić information content (AvgIpc) is 2.29. The highest BCUT2D eigenvalue weighted by Gasteiger charge is 2.16. The van der Waals surface area contributed by atoms with E-state index >= 15 is 0 Å². The Morgan fingerprint density at radius 3 is 2.61 bits per heavy atom. The topological polar surface area (TPSA) is 24.5 Å². The van der Waals surface area contributed by atoms with Crippen LogP contribution in [-0.2, 0) is 4.74 Å². The van der Waals surface area contributed by atoms with Crippen LogP contribution in [0.3, 0.4) is 0 Å². The number of nitrogens with one attached hydrogen (secondary N) is 1. The lowest BCUT2D eigenvalue weighted by atomic mass is 10.1. The highest BCUT2D eigenvalue weighted by Crippen LogP contribution is 2.13. The van der Waals surface area contributed by atoms with Crippen molar-refractivity contribution < 1.29 is 4.74 Å². The molecule has 0 spiro atoms. The van der Waals surface area contributed by atoms with Crippen molar-refractivity contribution in [1.29, 1.82) is 0 Å². The van der Waals surface area contributed by atoms with Gasteiger partial charge in [0.05, 0.1) is 6.10 Å². The number of rotatable bonds is 8. The number of hydrogen-bond acceptors (Lipinski definition) is 3. The van der Waals surface area contributed by atoms with E-state index in [1.165, 1.54) is 19.3 Å². The van der Waals surface area contributed by atoms with Crippen LogP contribution in [0.1, 0.15) is 40.0 Å². The van der Waals surface area contributed by atoms with Crippen molar-refractivity contribution in [2.24, 2.45) is 11.8 Å². The van der Waals surface area contributed by atoms with Gasteiger partial charge in [0.1, 0.15) is 0 Å². The first-order valence-electron chi connectivity index (χ1n) is 7.58. The summed E-state index contributed by atoms with van der Waals surface area (Å²) in [6, 6.07) is 0. The van der Waals surface area contributed by atoms with Crippen LogP contribution in [-0.4, -0.2) is 50.8 Å². The maximum atomic E-state index is 5.79. The molecule has 0 radical (unpaired) electrons. The zero-order valence-electron chi connectivity index (χ0n) is 12.7. The van der Waals surface area contributed by atoms with Crippen LogP contribution in [0.2, 0.25) is 0 Å². The summed E-state index contributed by atoms with van der Waals surface area (Å²) in [5.74, 6) is 1.45. The Hall–Kier alpha value is -0.120. The fourth-order valence-corrected chi connectivity index (χ4v) is 2.59. The third-order valence-electron chi connectivity index (χ3n) is 3.46. The van der Waals surface area contributed by atoms with Gasteiger partial charge in [0.15, 0.2) is 0 Å². The van der Waals surface area contributed by atoms with E-state index in [2.05, 4.69) is 38.0 Å². The highest BCUT2D eigenvalue weighted by molar-refractivity contribution is 4.70. The molecule has 0 aromatic carbocycles. The molecule has 1 N–H and O–H groups in total. The molecule has 1 aliphatic heterocycles. The summed E-state index contributed by atoms with van der Waals surface area (Å²) in [6.07, 6.45) is 4.30. The van der Waals surface area contributed by atoms with E-state index in [0.717, 1.165) is 38.7 Å². The van der Waals surface area contributed by atoms with Crippen molar-refractivity contribution in [2.45, 2.75) is 46.1 Å². The average molecular weight is 256 g/mol. The van der Waals surface area contributed by atoms with Crippen molar-refractivity contribution >= 4 is 0 Å². The third kappa shape index (κ3) is 7.34. The Bertz CT molecular complexity index is 203. The van der Waals surface area contributed by atoms with Crippen LogP contribution in [0.25, 0.3) is 0 Å². The lowest BCUT2D eigenvalue weighted by molar-refractivity contribution is -0.00312. The highest BCUT2D eigenvalue weighted by atomic mass is 16.5. The van der Waals surface area contributed by atoms with E-state index < -0.39 is 0 Å². The largest absolute Gasteiger partial charge is 0.377 e. The van der Waals surface area contributed by atoms with Crippen LogP contribution in [0.15, 0.2) is 0 Å². The Labute approximate surface area is 113 Å². The molecule has 0 aromatic rings. The zero-order chi connectivity index (χ0) is 13.4. The van der Waals surface area contributed by atoms with Gasteiger partial charge in [-0.1, -0.05) is 20.8 Å². The Balaban J connectivity index is 2.08. The fraction of sp³-hybridized carbons (Fsp3) is 1.00. The Kier molecular flexibility index (Phi) is 7.87. The molecular weight excluding hydrogens is 224 g/mol. The molecule has 0 bridgehead atoms. The fourth-order valence-electron chi connectivity index (χ4n) is 2.59. The number of likely N-dealkylation sites (N-methyl/N-ethyl adjacent to an activating group) is 1.